The summed E-state index contributed by atoms with van der Waals surface area (Å²) < 4.78 is 23.6. The molecule has 0 spiro atoms. The Balaban J connectivity index is 1.65. The summed E-state index contributed by atoms with van der Waals surface area (Å²) >= 11 is 0. The number of hydrogen-bond acceptors (Lipinski definition) is 5. The van der Waals surface area contributed by atoms with Gasteiger partial charge in [0.2, 0.25) is 5.91 Å². The van der Waals surface area contributed by atoms with Crippen molar-refractivity contribution in [3.8, 4) is 0 Å². The Kier molecular flexibility index (Phi) is 7.12. The zero-order valence-electron chi connectivity index (χ0n) is 17.0. The summed E-state index contributed by atoms with van der Waals surface area (Å²) in [7, 11) is -2.98. The van der Waals surface area contributed by atoms with E-state index in [0.29, 0.717) is 31.6 Å². The van der Waals surface area contributed by atoms with Crippen LogP contribution >= 0.6 is 0 Å². The maximum atomic E-state index is 13.1. The first-order chi connectivity index (χ1) is 13.4. The molecule has 3 rings (SSSR count). The summed E-state index contributed by atoms with van der Waals surface area (Å²) in [5.41, 5.74) is 0.923. The second-order valence-corrected chi connectivity index (χ2v) is 10.6. The Morgan fingerprint density at radius 3 is 2.43 bits per heavy atom. The predicted molar refractivity (Wildman–Crippen MR) is 112 cm³/mol. The highest BCUT2D eigenvalue weighted by molar-refractivity contribution is 7.91. The largest absolute Gasteiger partial charge is 0.354 e. The summed E-state index contributed by atoms with van der Waals surface area (Å²) in [5.74, 6) is 0.691. The van der Waals surface area contributed by atoms with Crippen LogP contribution in [0, 0.1) is 5.92 Å². The SMILES string of the molecule is CC(C)N1CCCC(CNC(=O)C(c2ccccc2)N2CCS(=O)(=O)CC2)C1. The number of sulfone groups is 1. The van der Waals surface area contributed by atoms with Crippen LogP contribution in [0.15, 0.2) is 30.3 Å². The van der Waals surface area contributed by atoms with E-state index in [4.69, 9.17) is 0 Å². The van der Waals surface area contributed by atoms with Gasteiger partial charge in [0.05, 0.1) is 11.5 Å². The number of rotatable bonds is 6. The van der Waals surface area contributed by atoms with Gasteiger partial charge < -0.3 is 10.2 Å². The fourth-order valence-corrected chi connectivity index (χ4v) is 5.45. The molecular weight excluding hydrogens is 374 g/mol. The van der Waals surface area contributed by atoms with E-state index in [1.165, 1.54) is 6.42 Å². The average Bonchev–Trinajstić information content (AvgIpc) is 2.69. The van der Waals surface area contributed by atoms with Crippen molar-refractivity contribution in [1.29, 1.82) is 0 Å². The van der Waals surface area contributed by atoms with Crippen molar-refractivity contribution < 1.29 is 13.2 Å². The number of nitrogens with one attached hydrogen (secondary N) is 1. The van der Waals surface area contributed by atoms with Gasteiger partial charge in [-0.3, -0.25) is 9.69 Å². The molecule has 2 atom stereocenters. The minimum atomic E-state index is -2.98. The highest BCUT2D eigenvalue weighted by Crippen LogP contribution is 2.24. The van der Waals surface area contributed by atoms with Gasteiger partial charge in [0.1, 0.15) is 6.04 Å². The van der Waals surface area contributed by atoms with Gasteiger partial charge in [0, 0.05) is 32.2 Å². The topological polar surface area (TPSA) is 69.7 Å². The van der Waals surface area contributed by atoms with Gasteiger partial charge in [-0.15, -0.1) is 0 Å². The van der Waals surface area contributed by atoms with E-state index in [0.717, 1.165) is 25.1 Å². The Bertz CT molecular complexity index is 737. The van der Waals surface area contributed by atoms with E-state index in [1.807, 2.05) is 35.2 Å². The molecule has 0 aromatic heterocycles. The summed E-state index contributed by atoms with van der Waals surface area (Å²) in [4.78, 5) is 17.6. The van der Waals surface area contributed by atoms with Gasteiger partial charge in [-0.2, -0.15) is 0 Å². The van der Waals surface area contributed by atoms with Crippen LogP contribution in [-0.4, -0.2) is 74.4 Å². The van der Waals surface area contributed by atoms with Crippen molar-refractivity contribution >= 4 is 15.7 Å². The Labute approximate surface area is 169 Å². The molecule has 0 aliphatic carbocycles. The molecule has 7 heteroatoms. The third-order valence-electron chi connectivity index (χ3n) is 5.95. The lowest BCUT2D eigenvalue weighted by atomic mass is 9.96. The van der Waals surface area contributed by atoms with E-state index in [2.05, 4.69) is 24.1 Å². The van der Waals surface area contributed by atoms with Crippen LogP contribution in [0.1, 0.15) is 38.3 Å². The second kappa shape index (κ2) is 9.37. The molecule has 0 bridgehead atoms. The Morgan fingerprint density at radius 2 is 1.79 bits per heavy atom. The molecule has 156 valence electrons. The predicted octanol–water partition coefficient (Wildman–Crippen LogP) is 1.69. The average molecular weight is 408 g/mol. The zero-order valence-corrected chi connectivity index (χ0v) is 17.8. The molecule has 0 radical (unpaired) electrons. The third kappa shape index (κ3) is 5.55. The number of carbonyl (C=O) groups is 1. The van der Waals surface area contributed by atoms with Crippen LogP contribution in [0.25, 0.3) is 0 Å². The molecule has 1 aromatic rings. The molecule has 1 N–H and O–H groups in total. The van der Waals surface area contributed by atoms with Crippen LogP contribution < -0.4 is 5.32 Å². The van der Waals surface area contributed by atoms with Crippen LogP contribution in [-0.2, 0) is 14.6 Å². The Morgan fingerprint density at radius 1 is 1.11 bits per heavy atom. The molecule has 28 heavy (non-hydrogen) atoms. The number of carbonyl (C=O) groups excluding carboxylic acids is 1. The van der Waals surface area contributed by atoms with Crippen LogP contribution in [0.4, 0.5) is 0 Å². The van der Waals surface area contributed by atoms with E-state index >= 15 is 0 Å². The summed E-state index contributed by atoms with van der Waals surface area (Å²) in [5, 5.41) is 3.17. The van der Waals surface area contributed by atoms with Gasteiger partial charge in [0.25, 0.3) is 0 Å². The first-order valence-corrected chi connectivity index (χ1v) is 12.2. The van der Waals surface area contributed by atoms with E-state index in [1.54, 1.807) is 0 Å². The minimum Gasteiger partial charge on any atom is -0.354 e. The third-order valence-corrected chi connectivity index (χ3v) is 7.56. The smallest absolute Gasteiger partial charge is 0.241 e. The first kappa shape index (κ1) is 21.3. The molecule has 2 aliphatic rings. The van der Waals surface area contributed by atoms with E-state index in [9.17, 15) is 13.2 Å². The quantitative estimate of drug-likeness (QED) is 0.777. The van der Waals surface area contributed by atoms with E-state index in [-0.39, 0.29) is 17.4 Å². The highest BCUT2D eigenvalue weighted by atomic mass is 32.2. The highest BCUT2D eigenvalue weighted by Gasteiger charge is 2.33. The molecule has 6 nitrogen and oxygen atoms in total. The van der Waals surface area contributed by atoms with Crippen molar-refractivity contribution in [2.75, 3.05) is 44.2 Å². The number of hydrogen-bond donors (Lipinski definition) is 1. The Hall–Kier alpha value is -1.44. The van der Waals surface area contributed by atoms with Crippen molar-refractivity contribution in [2.24, 2.45) is 5.92 Å². The van der Waals surface area contributed by atoms with Crippen molar-refractivity contribution in [1.82, 2.24) is 15.1 Å². The molecule has 2 fully saturated rings. The van der Waals surface area contributed by atoms with Crippen LogP contribution in [0.5, 0.6) is 0 Å². The lowest BCUT2D eigenvalue weighted by molar-refractivity contribution is -0.127. The number of likely N-dealkylation sites (tertiary alicyclic amines) is 1. The molecule has 1 aromatic carbocycles. The van der Waals surface area contributed by atoms with Crippen molar-refractivity contribution in [2.45, 2.75) is 38.8 Å². The van der Waals surface area contributed by atoms with Gasteiger partial charge in [-0.1, -0.05) is 30.3 Å². The number of amides is 1. The molecular formula is C21H33N3O3S. The van der Waals surface area contributed by atoms with E-state index < -0.39 is 15.9 Å². The van der Waals surface area contributed by atoms with Crippen LogP contribution in [0.3, 0.4) is 0 Å². The fraction of sp³-hybridized carbons (Fsp3) is 0.667. The molecule has 2 unspecified atom stereocenters. The summed E-state index contributed by atoms with van der Waals surface area (Å²) in [6.07, 6.45) is 2.31. The molecule has 2 saturated heterocycles. The molecule has 0 saturated carbocycles. The van der Waals surface area contributed by atoms with Crippen molar-refractivity contribution in [3.63, 3.8) is 0 Å². The fourth-order valence-electron chi connectivity index (χ4n) is 4.22. The number of nitrogens with zero attached hydrogens (tertiary/aromatic N) is 2. The zero-order chi connectivity index (χ0) is 20.1. The second-order valence-electron chi connectivity index (χ2n) is 8.34. The van der Waals surface area contributed by atoms with Gasteiger partial charge in [-0.25, -0.2) is 8.42 Å². The minimum absolute atomic E-state index is 0.0211. The number of benzene rings is 1. The summed E-state index contributed by atoms with van der Waals surface area (Å²) in [6, 6.07) is 9.80. The van der Waals surface area contributed by atoms with Crippen molar-refractivity contribution in [3.05, 3.63) is 35.9 Å². The summed E-state index contributed by atoms with van der Waals surface area (Å²) in [6.45, 7) is 8.08. The van der Waals surface area contributed by atoms with Gasteiger partial charge in [-0.05, 0) is 44.7 Å². The maximum absolute atomic E-state index is 13.1. The lowest BCUT2D eigenvalue weighted by Crippen LogP contribution is -2.49. The lowest BCUT2D eigenvalue weighted by Gasteiger charge is -2.36. The standard InChI is InChI=1S/C21H33N3O3S/c1-17(2)24-10-6-7-18(16-24)15-22-21(25)20(19-8-4-3-5-9-19)23-11-13-28(26,27)14-12-23/h3-5,8-9,17-18,20H,6-7,10-16H2,1-2H3,(H,22,25). The molecule has 1 amide bonds. The monoisotopic (exact) mass is 407 g/mol. The van der Waals surface area contributed by atoms with Gasteiger partial charge >= 0.3 is 0 Å². The molecule has 2 heterocycles. The first-order valence-electron chi connectivity index (χ1n) is 10.4. The normalized spacial score (nSPS) is 24.8. The van der Waals surface area contributed by atoms with Crippen LogP contribution in [0.2, 0.25) is 0 Å². The van der Waals surface area contributed by atoms with Gasteiger partial charge in [0.15, 0.2) is 9.84 Å². The maximum Gasteiger partial charge on any atom is 0.241 e. The molecule has 2 aliphatic heterocycles. The number of piperidine rings is 1.